The maximum atomic E-state index is 12.2. The second-order valence-electron chi connectivity index (χ2n) is 6.24. The van der Waals surface area contributed by atoms with Crippen LogP contribution in [-0.2, 0) is 14.3 Å². The Morgan fingerprint density at radius 1 is 1.24 bits per heavy atom. The van der Waals surface area contributed by atoms with Crippen LogP contribution >= 0.6 is 11.6 Å². The van der Waals surface area contributed by atoms with E-state index in [0.717, 1.165) is 5.56 Å². The SMILES string of the molecule is CCOc1cc(/C=C/C(=O)O[C@H](C)C(=O)Nc2cccc(C)c2)cc(Cl)c1OC. The number of ether oxygens (including phenoxy) is 3. The molecule has 1 N–H and O–H groups in total. The molecule has 1 atom stereocenters. The van der Waals surface area contributed by atoms with Crippen LogP contribution in [0, 0.1) is 6.92 Å². The first-order valence-corrected chi connectivity index (χ1v) is 9.48. The number of benzene rings is 2. The molecule has 2 aromatic rings. The van der Waals surface area contributed by atoms with Gasteiger partial charge in [-0.3, -0.25) is 4.79 Å². The number of esters is 1. The Bertz CT molecular complexity index is 910. The molecule has 0 radical (unpaired) electrons. The topological polar surface area (TPSA) is 73.9 Å². The number of nitrogens with one attached hydrogen (secondary N) is 1. The Kier molecular flexibility index (Phi) is 8.09. The lowest BCUT2D eigenvalue weighted by Gasteiger charge is -2.13. The summed E-state index contributed by atoms with van der Waals surface area (Å²) in [5.41, 5.74) is 2.29. The summed E-state index contributed by atoms with van der Waals surface area (Å²) in [6, 6.07) is 10.7. The van der Waals surface area contributed by atoms with Crippen LogP contribution in [0.3, 0.4) is 0 Å². The quantitative estimate of drug-likeness (QED) is 0.500. The average molecular weight is 418 g/mol. The number of hydrogen-bond acceptors (Lipinski definition) is 5. The van der Waals surface area contributed by atoms with E-state index >= 15 is 0 Å². The Labute approximate surface area is 175 Å². The summed E-state index contributed by atoms with van der Waals surface area (Å²) in [4.78, 5) is 24.3. The van der Waals surface area contributed by atoms with Crippen molar-refractivity contribution < 1.29 is 23.8 Å². The van der Waals surface area contributed by atoms with E-state index < -0.39 is 18.0 Å². The second-order valence-corrected chi connectivity index (χ2v) is 6.65. The van der Waals surface area contributed by atoms with E-state index in [4.69, 9.17) is 25.8 Å². The van der Waals surface area contributed by atoms with Crippen molar-refractivity contribution in [3.63, 3.8) is 0 Å². The van der Waals surface area contributed by atoms with Gasteiger partial charge < -0.3 is 19.5 Å². The smallest absolute Gasteiger partial charge is 0.331 e. The molecule has 0 aliphatic carbocycles. The van der Waals surface area contributed by atoms with Crippen molar-refractivity contribution in [1.82, 2.24) is 0 Å². The molecule has 0 spiro atoms. The Balaban J connectivity index is 2.00. The van der Waals surface area contributed by atoms with Crippen molar-refractivity contribution in [1.29, 1.82) is 0 Å². The predicted molar refractivity (Wildman–Crippen MR) is 114 cm³/mol. The van der Waals surface area contributed by atoms with Gasteiger partial charge in [0, 0.05) is 11.8 Å². The highest BCUT2D eigenvalue weighted by Crippen LogP contribution is 2.36. The van der Waals surface area contributed by atoms with Crippen molar-refractivity contribution in [3.05, 3.63) is 58.6 Å². The fourth-order valence-electron chi connectivity index (χ4n) is 2.54. The average Bonchev–Trinajstić information content (AvgIpc) is 2.66. The number of aryl methyl sites for hydroxylation is 1. The summed E-state index contributed by atoms with van der Waals surface area (Å²) in [7, 11) is 1.50. The standard InChI is InChI=1S/C22H24ClNO5/c1-5-28-19-13-16(12-18(23)21(19)27-4)9-10-20(25)29-15(3)22(26)24-17-8-6-7-14(2)11-17/h6-13,15H,5H2,1-4H3,(H,24,26)/b10-9+/t15-/m1/s1. The number of hydrogen-bond donors (Lipinski definition) is 1. The van der Waals surface area contributed by atoms with E-state index in [-0.39, 0.29) is 0 Å². The molecule has 0 aliphatic rings. The molecule has 0 aliphatic heterocycles. The van der Waals surface area contributed by atoms with Crippen molar-refractivity contribution in [2.75, 3.05) is 19.0 Å². The molecule has 0 saturated heterocycles. The maximum Gasteiger partial charge on any atom is 0.331 e. The van der Waals surface area contributed by atoms with Crippen LogP contribution in [0.15, 0.2) is 42.5 Å². The zero-order chi connectivity index (χ0) is 21.4. The number of amides is 1. The first kappa shape index (κ1) is 22.3. The molecule has 7 heteroatoms. The van der Waals surface area contributed by atoms with E-state index in [1.807, 2.05) is 32.0 Å². The van der Waals surface area contributed by atoms with Gasteiger partial charge in [0.25, 0.3) is 5.91 Å². The molecule has 0 saturated carbocycles. The minimum Gasteiger partial charge on any atom is -0.491 e. The third kappa shape index (κ3) is 6.54. The van der Waals surface area contributed by atoms with Gasteiger partial charge in [-0.2, -0.15) is 0 Å². The van der Waals surface area contributed by atoms with Crippen LogP contribution in [0.4, 0.5) is 5.69 Å². The van der Waals surface area contributed by atoms with Gasteiger partial charge in [0.05, 0.1) is 18.7 Å². The summed E-state index contributed by atoms with van der Waals surface area (Å²) in [5.74, 6) is -0.165. The summed E-state index contributed by atoms with van der Waals surface area (Å²) in [5, 5.41) is 3.07. The molecule has 154 valence electrons. The summed E-state index contributed by atoms with van der Waals surface area (Å²) >= 11 is 6.19. The molecule has 0 heterocycles. The van der Waals surface area contributed by atoms with Gasteiger partial charge in [0.2, 0.25) is 0 Å². The first-order valence-electron chi connectivity index (χ1n) is 9.10. The largest absolute Gasteiger partial charge is 0.491 e. The highest BCUT2D eigenvalue weighted by Gasteiger charge is 2.17. The number of rotatable bonds is 8. The fraction of sp³-hybridized carbons (Fsp3) is 0.273. The predicted octanol–water partition coefficient (Wildman–Crippen LogP) is 4.64. The summed E-state index contributed by atoms with van der Waals surface area (Å²) < 4.78 is 15.9. The van der Waals surface area contributed by atoms with Crippen LogP contribution in [-0.4, -0.2) is 31.7 Å². The molecule has 29 heavy (non-hydrogen) atoms. The Hall–Kier alpha value is -2.99. The van der Waals surface area contributed by atoms with Crippen LogP contribution < -0.4 is 14.8 Å². The van der Waals surface area contributed by atoms with Crippen LogP contribution in [0.25, 0.3) is 6.08 Å². The molecule has 2 rings (SSSR count). The monoisotopic (exact) mass is 417 g/mol. The zero-order valence-electron chi connectivity index (χ0n) is 16.8. The van der Waals surface area contributed by atoms with E-state index in [2.05, 4.69) is 5.32 Å². The van der Waals surface area contributed by atoms with Crippen LogP contribution in [0.5, 0.6) is 11.5 Å². The summed E-state index contributed by atoms with van der Waals surface area (Å²) in [6.45, 7) is 5.71. The molecular formula is C22H24ClNO5. The molecule has 0 bridgehead atoms. The van der Waals surface area contributed by atoms with Gasteiger partial charge in [-0.25, -0.2) is 4.79 Å². The fourth-order valence-corrected chi connectivity index (χ4v) is 2.84. The maximum absolute atomic E-state index is 12.2. The van der Waals surface area contributed by atoms with E-state index in [1.165, 1.54) is 26.2 Å². The van der Waals surface area contributed by atoms with Crippen molar-refractivity contribution in [3.8, 4) is 11.5 Å². The zero-order valence-corrected chi connectivity index (χ0v) is 17.6. The number of carbonyl (C=O) groups is 2. The normalized spacial score (nSPS) is 11.8. The van der Waals surface area contributed by atoms with Crippen molar-refractivity contribution in [2.45, 2.75) is 26.9 Å². The molecular weight excluding hydrogens is 394 g/mol. The lowest BCUT2D eigenvalue weighted by Crippen LogP contribution is -2.29. The van der Waals surface area contributed by atoms with E-state index in [9.17, 15) is 9.59 Å². The van der Waals surface area contributed by atoms with Gasteiger partial charge >= 0.3 is 5.97 Å². The Morgan fingerprint density at radius 2 is 2.00 bits per heavy atom. The van der Waals surface area contributed by atoms with Crippen molar-refractivity contribution in [2.24, 2.45) is 0 Å². The highest BCUT2D eigenvalue weighted by molar-refractivity contribution is 6.32. The molecule has 0 fully saturated rings. The molecule has 0 unspecified atom stereocenters. The van der Waals surface area contributed by atoms with Gasteiger partial charge in [-0.15, -0.1) is 0 Å². The third-order valence-electron chi connectivity index (χ3n) is 3.90. The molecule has 6 nitrogen and oxygen atoms in total. The highest BCUT2D eigenvalue weighted by atomic mass is 35.5. The number of halogens is 1. The van der Waals surface area contributed by atoms with Gasteiger partial charge in [-0.1, -0.05) is 23.7 Å². The minimum absolute atomic E-state index is 0.359. The van der Waals surface area contributed by atoms with Crippen LogP contribution in [0.2, 0.25) is 5.02 Å². The number of methoxy groups -OCH3 is 1. The van der Waals surface area contributed by atoms with Gasteiger partial charge in [0.1, 0.15) is 0 Å². The second kappa shape index (κ2) is 10.5. The summed E-state index contributed by atoms with van der Waals surface area (Å²) in [6.07, 6.45) is 1.80. The third-order valence-corrected chi connectivity index (χ3v) is 4.18. The Morgan fingerprint density at radius 3 is 2.66 bits per heavy atom. The van der Waals surface area contributed by atoms with E-state index in [0.29, 0.717) is 34.4 Å². The molecule has 1 amide bonds. The van der Waals surface area contributed by atoms with E-state index in [1.54, 1.807) is 18.2 Å². The minimum atomic E-state index is -0.953. The molecule has 2 aromatic carbocycles. The van der Waals surface area contributed by atoms with Crippen molar-refractivity contribution >= 4 is 35.2 Å². The lowest BCUT2D eigenvalue weighted by atomic mass is 10.2. The van der Waals surface area contributed by atoms with Gasteiger partial charge in [-0.05, 0) is 62.2 Å². The van der Waals surface area contributed by atoms with Gasteiger partial charge in [0.15, 0.2) is 17.6 Å². The van der Waals surface area contributed by atoms with Crippen LogP contribution in [0.1, 0.15) is 25.0 Å². The first-order chi connectivity index (χ1) is 13.8. The number of carbonyl (C=O) groups excluding carboxylic acids is 2. The number of anilines is 1. The molecule has 0 aromatic heterocycles. The lowest BCUT2D eigenvalue weighted by molar-refractivity contribution is -0.148.